The highest BCUT2D eigenvalue weighted by Crippen LogP contribution is 2.36. The van der Waals surface area contributed by atoms with Crippen LogP contribution in [-0.2, 0) is 6.54 Å². The van der Waals surface area contributed by atoms with Gasteiger partial charge in [0.1, 0.15) is 0 Å². The van der Waals surface area contributed by atoms with Crippen molar-refractivity contribution in [2.75, 3.05) is 0 Å². The molecule has 0 atom stereocenters. The second-order valence-corrected chi connectivity index (χ2v) is 6.79. The van der Waals surface area contributed by atoms with Gasteiger partial charge in [-0.25, -0.2) is 9.55 Å². The van der Waals surface area contributed by atoms with E-state index < -0.39 is 37.6 Å². The van der Waals surface area contributed by atoms with Crippen LogP contribution in [0.3, 0.4) is 0 Å². The zero-order chi connectivity index (χ0) is 24.8. The molecule has 172 valence electrons. The van der Waals surface area contributed by atoms with Crippen LogP contribution in [0, 0.1) is 30.3 Å². The number of aromatic amines is 1. The van der Waals surface area contributed by atoms with Crippen LogP contribution in [0.1, 0.15) is 10.4 Å². The van der Waals surface area contributed by atoms with Crippen LogP contribution in [0.2, 0.25) is 0 Å². The molecule has 4 aromatic rings. The van der Waals surface area contributed by atoms with Gasteiger partial charge in [-0.2, -0.15) is 0 Å². The maximum absolute atomic E-state index is 12.1. The minimum absolute atomic E-state index is 0.116. The molecule has 13 heteroatoms. The first-order chi connectivity index (χ1) is 16.2. The highest BCUT2D eigenvalue weighted by Gasteiger charge is 2.24. The van der Waals surface area contributed by atoms with Crippen LogP contribution in [0.25, 0.3) is 11.0 Å². The molecule has 0 aliphatic heterocycles. The largest absolute Gasteiger partial charge is 0.863 e. The van der Waals surface area contributed by atoms with Crippen LogP contribution in [0.15, 0.2) is 73.1 Å². The number of nitrogens with one attached hydrogen (secondary N) is 1. The number of imidazole rings is 1. The Morgan fingerprint density at radius 2 is 1.38 bits per heavy atom. The van der Waals surface area contributed by atoms with Crippen LogP contribution in [-0.4, -0.2) is 25.5 Å². The van der Waals surface area contributed by atoms with E-state index in [4.69, 9.17) is 0 Å². The highest BCUT2D eigenvalue weighted by molar-refractivity contribution is 5.95. The number of non-ortho nitro benzene ring substituents is 1. The monoisotopic (exact) mass is 465 g/mol. The van der Waals surface area contributed by atoms with Crippen LogP contribution in [0.5, 0.6) is 5.75 Å². The van der Waals surface area contributed by atoms with Gasteiger partial charge in [-0.15, -0.1) is 0 Å². The van der Waals surface area contributed by atoms with Crippen molar-refractivity contribution in [1.82, 2.24) is 4.98 Å². The number of para-hydroxylation sites is 2. The smallest absolute Gasteiger partial charge is 0.283 e. The van der Waals surface area contributed by atoms with Gasteiger partial charge in [0.25, 0.3) is 17.1 Å². The lowest BCUT2D eigenvalue weighted by Gasteiger charge is -2.06. The van der Waals surface area contributed by atoms with E-state index in [1.165, 1.54) is 0 Å². The van der Waals surface area contributed by atoms with Crippen LogP contribution >= 0.6 is 0 Å². The molecule has 34 heavy (non-hydrogen) atoms. The third kappa shape index (κ3) is 5.16. The van der Waals surface area contributed by atoms with Gasteiger partial charge in [-0.1, -0.05) is 42.5 Å². The summed E-state index contributed by atoms with van der Waals surface area (Å²) < 4.78 is 1.94. The summed E-state index contributed by atoms with van der Waals surface area (Å²) >= 11 is 0. The van der Waals surface area contributed by atoms with Gasteiger partial charge in [-0.05, 0) is 12.1 Å². The molecule has 1 aromatic heterocycles. The Balaban J connectivity index is 0.000000192. The van der Waals surface area contributed by atoms with E-state index in [0.717, 1.165) is 16.6 Å². The van der Waals surface area contributed by atoms with Gasteiger partial charge < -0.3 is 5.11 Å². The molecule has 0 spiro atoms. The van der Waals surface area contributed by atoms with Crippen LogP contribution in [0.4, 0.5) is 17.1 Å². The third-order valence-corrected chi connectivity index (χ3v) is 4.64. The Morgan fingerprint density at radius 3 is 1.94 bits per heavy atom. The van der Waals surface area contributed by atoms with Crippen molar-refractivity contribution in [3.05, 3.63) is 109 Å². The number of aromatic nitrogens is 2. The first kappa shape index (κ1) is 23.5. The Morgan fingerprint density at radius 1 is 0.824 bits per heavy atom. The molecule has 0 bridgehead atoms. The third-order valence-electron chi connectivity index (χ3n) is 4.64. The van der Waals surface area contributed by atoms with Crippen molar-refractivity contribution in [1.29, 1.82) is 0 Å². The maximum Gasteiger partial charge on any atom is 0.283 e. The summed E-state index contributed by atoms with van der Waals surface area (Å²) in [5.74, 6) is -1.34. The Kier molecular flexibility index (Phi) is 6.87. The Bertz CT molecular complexity index is 1370. The minimum Gasteiger partial charge on any atom is -0.863 e. The molecule has 0 radical (unpaired) electrons. The van der Waals surface area contributed by atoms with Crippen molar-refractivity contribution >= 4 is 33.9 Å². The molecule has 0 aliphatic carbocycles. The Hall–Kier alpha value is -5.20. The van der Waals surface area contributed by atoms with E-state index >= 15 is 0 Å². The lowest BCUT2D eigenvalue weighted by Crippen LogP contribution is -2.36. The number of rotatable bonds is 6. The molecule has 4 rings (SSSR count). The van der Waals surface area contributed by atoms with Crippen molar-refractivity contribution in [2.24, 2.45) is 0 Å². The van der Waals surface area contributed by atoms with E-state index in [2.05, 4.69) is 4.98 Å². The number of Topliss-reactive ketones (excluding diaryl/α,β-unsaturated/α-hetero) is 1. The van der Waals surface area contributed by atoms with Gasteiger partial charge >= 0.3 is 0 Å². The number of carbonyl (C=O) groups is 1. The molecular formula is C21H15N5O8. The average molecular weight is 465 g/mol. The molecule has 0 saturated carbocycles. The first-order valence-corrected chi connectivity index (χ1v) is 9.51. The molecule has 1 heterocycles. The lowest BCUT2D eigenvalue weighted by molar-refractivity contribution is -0.656. The SMILES string of the molecule is O=C(C[n+]1c[nH]c2ccccc21)c1ccccc1.O=[N+]([O-])c1cc([N+](=O)[O-])c([O-])c([N+](=O)[O-])c1. The number of H-pyrrole nitrogens is 1. The average Bonchev–Trinajstić information content (AvgIpc) is 3.22. The van der Waals surface area contributed by atoms with Crippen molar-refractivity contribution in [3.8, 4) is 5.75 Å². The van der Waals surface area contributed by atoms with E-state index in [1.54, 1.807) is 0 Å². The van der Waals surface area contributed by atoms with E-state index in [0.29, 0.717) is 18.7 Å². The number of carbonyl (C=O) groups excluding carboxylic acids is 1. The number of hydrogen-bond acceptors (Lipinski definition) is 8. The minimum atomic E-state index is -1.46. The molecule has 0 fully saturated rings. The fourth-order valence-electron chi connectivity index (χ4n) is 3.02. The summed E-state index contributed by atoms with van der Waals surface area (Å²) in [6.07, 6.45) is 1.84. The summed E-state index contributed by atoms with van der Waals surface area (Å²) in [5, 5.41) is 42.1. The fourth-order valence-corrected chi connectivity index (χ4v) is 3.02. The molecule has 0 saturated heterocycles. The van der Waals surface area contributed by atoms with Gasteiger partial charge in [0.05, 0.1) is 32.7 Å². The summed E-state index contributed by atoms with van der Waals surface area (Å²) in [5.41, 5.74) is -0.435. The molecule has 0 aliphatic rings. The van der Waals surface area contributed by atoms with Crippen LogP contribution < -0.4 is 9.67 Å². The van der Waals surface area contributed by atoms with Gasteiger partial charge in [0.2, 0.25) is 12.1 Å². The summed E-state index contributed by atoms with van der Waals surface area (Å²) in [6, 6.07) is 18.1. The standard InChI is InChI=1S/C15H12N2O.C6H3N3O7/c18-15(12-6-2-1-3-7-12)10-17-11-16-13-8-4-5-9-14(13)17;10-6-4(8(13)14)1-3(7(11)12)2-5(6)9(15)16/h1-9,11H,10H2;1-2,10H. The molecule has 1 N–H and O–H groups in total. The normalized spacial score (nSPS) is 10.2. The van der Waals surface area contributed by atoms with Gasteiger partial charge in [0.15, 0.2) is 17.6 Å². The molecular weight excluding hydrogens is 450 g/mol. The number of hydrogen-bond donors (Lipinski definition) is 1. The second kappa shape index (κ2) is 9.95. The second-order valence-electron chi connectivity index (χ2n) is 6.79. The van der Waals surface area contributed by atoms with E-state index in [9.17, 15) is 40.2 Å². The van der Waals surface area contributed by atoms with E-state index in [1.807, 2.05) is 65.5 Å². The number of nitro groups is 3. The summed E-state index contributed by atoms with van der Waals surface area (Å²) in [4.78, 5) is 42.8. The molecule has 0 unspecified atom stereocenters. The predicted molar refractivity (Wildman–Crippen MR) is 115 cm³/mol. The first-order valence-electron chi connectivity index (χ1n) is 9.51. The molecule has 3 aromatic carbocycles. The predicted octanol–water partition coefficient (Wildman–Crippen LogP) is 2.82. The zero-order valence-corrected chi connectivity index (χ0v) is 17.2. The van der Waals surface area contributed by atoms with Gasteiger partial charge in [0, 0.05) is 5.56 Å². The van der Waals surface area contributed by atoms with Crippen molar-refractivity contribution < 1.29 is 29.2 Å². The summed E-state index contributed by atoms with van der Waals surface area (Å²) in [6.45, 7) is 0.355. The summed E-state index contributed by atoms with van der Waals surface area (Å²) in [7, 11) is 0. The van der Waals surface area contributed by atoms with E-state index in [-0.39, 0.29) is 5.78 Å². The lowest BCUT2D eigenvalue weighted by atomic mass is 10.1. The maximum atomic E-state index is 12.1. The highest BCUT2D eigenvalue weighted by atomic mass is 16.6. The number of fused-ring (bicyclic) bond motifs is 1. The molecule has 0 amide bonds. The number of nitro benzene ring substituents is 3. The van der Waals surface area contributed by atoms with Crippen molar-refractivity contribution in [2.45, 2.75) is 6.54 Å². The number of nitrogens with zero attached hydrogens (tertiary/aromatic N) is 4. The zero-order valence-electron chi connectivity index (χ0n) is 17.2. The van der Waals surface area contributed by atoms with Gasteiger partial charge in [-0.3, -0.25) is 35.1 Å². The quantitative estimate of drug-likeness (QED) is 0.194. The number of benzene rings is 3. The topological polar surface area (TPSA) is 189 Å². The van der Waals surface area contributed by atoms with Crippen molar-refractivity contribution in [3.63, 3.8) is 0 Å². The Labute approximate surface area is 190 Å². The number of ketones is 1. The molecule has 13 nitrogen and oxygen atoms in total. The fraction of sp³-hybridized carbons (Fsp3) is 0.0476.